The average Bonchev–Trinajstić information content (AvgIpc) is 3.11. The third kappa shape index (κ3) is 3.82. The minimum atomic E-state index is -0.000266. The number of aromatic nitrogens is 2. The van der Waals surface area contributed by atoms with Gasteiger partial charge in [-0.1, -0.05) is 17.3 Å². The smallest absolute Gasteiger partial charge is 0.255 e. The summed E-state index contributed by atoms with van der Waals surface area (Å²) in [4.78, 5) is 8.32. The summed E-state index contributed by atoms with van der Waals surface area (Å²) in [6.07, 6.45) is 6.68. The number of ether oxygens (including phenoxy) is 1. The van der Waals surface area contributed by atoms with Gasteiger partial charge in [0.05, 0.1) is 6.54 Å². The van der Waals surface area contributed by atoms with Gasteiger partial charge in [0.2, 0.25) is 0 Å². The van der Waals surface area contributed by atoms with Crippen molar-refractivity contribution in [1.29, 1.82) is 0 Å². The Morgan fingerprint density at radius 3 is 2.67 bits per heavy atom. The van der Waals surface area contributed by atoms with E-state index in [1.807, 2.05) is 0 Å². The van der Waals surface area contributed by atoms with E-state index in [2.05, 4.69) is 45.6 Å². The van der Waals surface area contributed by atoms with Gasteiger partial charge in [0.1, 0.15) is 6.10 Å². The Labute approximate surface area is 146 Å². The maximum Gasteiger partial charge on any atom is 0.255 e. The Hall–Kier alpha value is -1.37. The second-order valence-corrected chi connectivity index (χ2v) is 7.41. The predicted molar refractivity (Wildman–Crippen MR) is 92.7 cm³/mol. The van der Waals surface area contributed by atoms with Gasteiger partial charge in [-0.25, -0.2) is 0 Å². The molecule has 2 fully saturated rings. The maximum atomic E-state index is 5.62. The molecular formula is C18H23N3O2S. The van der Waals surface area contributed by atoms with Gasteiger partial charge in [0, 0.05) is 24.1 Å². The summed E-state index contributed by atoms with van der Waals surface area (Å²) in [5, 5.41) is 4.17. The Bertz CT molecular complexity index is 663. The molecule has 1 aliphatic heterocycles. The van der Waals surface area contributed by atoms with E-state index in [0.717, 1.165) is 38.4 Å². The summed E-state index contributed by atoms with van der Waals surface area (Å²) < 4.78 is 11.0. The van der Waals surface area contributed by atoms with Gasteiger partial charge < -0.3 is 9.26 Å². The number of benzene rings is 1. The van der Waals surface area contributed by atoms with Crippen LogP contribution in [0.15, 0.2) is 33.7 Å². The zero-order chi connectivity index (χ0) is 16.4. The fourth-order valence-electron chi connectivity index (χ4n) is 3.14. The first-order chi connectivity index (χ1) is 11.8. The van der Waals surface area contributed by atoms with Crippen molar-refractivity contribution in [2.24, 2.45) is 0 Å². The van der Waals surface area contributed by atoms with Gasteiger partial charge in [0.15, 0.2) is 5.82 Å². The lowest BCUT2D eigenvalue weighted by Gasteiger charge is -2.20. The molecule has 4 rings (SSSR count). The Kier molecular flexibility index (Phi) is 4.87. The number of hydrogen-bond donors (Lipinski definition) is 0. The largest absolute Gasteiger partial charge is 0.368 e. The molecule has 0 spiro atoms. The van der Waals surface area contributed by atoms with Crippen LogP contribution in [0.2, 0.25) is 0 Å². The highest BCUT2D eigenvalue weighted by Gasteiger charge is 2.31. The molecule has 1 aromatic carbocycles. The molecule has 5 nitrogen and oxygen atoms in total. The van der Waals surface area contributed by atoms with Crippen molar-refractivity contribution in [3.8, 4) is 0 Å². The molecular weight excluding hydrogens is 322 g/mol. The zero-order valence-corrected chi connectivity index (χ0v) is 14.8. The SMILES string of the molecule is CSc1ccc(CN(Cc2noc(C3CCCO3)n2)C2CC2)cc1. The van der Waals surface area contributed by atoms with Crippen LogP contribution in [0, 0.1) is 0 Å². The van der Waals surface area contributed by atoms with Crippen molar-refractivity contribution >= 4 is 11.8 Å². The normalized spacial score (nSPS) is 20.8. The minimum absolute atomic E-state index is 0.000266. The molecule has 0 amide bonds. The van der Waals surface area contributed by atoms with Crippen LogP contribution in [0.5, 0.6) is 0 Å². The van der Waals surface area contributed by atoms with Gasteiger partial charge in [-0.05, 0) is 49.6 Å². The minimum Gasteiger partial charge on any atom is -0.368 e. The predicted octanol–water partition coefficient (Wildman–Crippen LogP) is 3.81. The first-order valence-corrected chi connectivity index (χ1v) is 9.85. The molecule has 2 heterocycles. The summed E-state index contributed by atoms with van der Waals surface area (Å²) in [6.45, 7) is 2.47. The molecule has 2 aromatic rings. The van der Waals surface area contributed by atoms with Crippen LogP contribution in [0.4, 0.5) is 0 Å². The van der Waals surface area contributed by atoms with Crippen LogP contribution in [0.25, 0.3) is 0 Å². The van der Waals surface area contributed by atoms with E-state index in [-0.39, 0.29) is 6.10 Å². The number of hydrogen-bond acceptors (Lipinski definition) is 6. The topological polar surface area (TPSA) is 51.4 Å². The van der Waals surface area contributed by atoms with E-state index in [9.17, 15) is 0 Å². The molecule has 24 heavy (non-hydrogen) atoms. The van der Waals surface area contributed by atoms with Crippen molar-refractivity contribution in [1.82, 2.24) is 15.0 Å². The van der Waals surface area contributed by atoms with E-state index in [1.165, 1.54) is 23.3 Å². The highest BCUT2D eigenvalue weighted by molar-refractivity contribution is 7.98. The van der Waals surface area contributed by atoms with Crippen LogP contribution in [-0.4, -0.2) is 33.9 Å². The third-order valence-electron chi connectivity index (χ3n) is 4.64. The van der Waals surface area contributed by atoms with Crippen molar-refractivity contribution in [3.63, 3.8) is 0 Å². The molecule has 1 aromatic heterocycles. The maximum absolute atomic E-state index is 5.62. The van der Waals surface area contributed by atoms with Crippen molar-refractivity contribution in [2.75, 3.05) is 12.9 Å². The zero-order valence-electron chi connectivity index (χ0n) is 14.0. The van der Waals surface area contributed by atoms with E-state index in [4.69, 9.17) is 9.26 Å². The summed E-state index contributed by atoms with van der Waals surface area (Å²) in [6, 6.07) is 9.46. The Morgan fingerprint density at radius 1 is 1.17 bits per heavy atom. The van der Waals surface area contributed by atoms with Crippen LogP contribution in [-0.2, 0) is 17.8 Å². The van der Waals surface area contributed by atoms with Gasteiger partial charge in [0.25, 0.3) is 5.89 Å². The highest BCUT2D eigenvalue weighted by atomic mass is 32.2. The average molecular weight is 345 g/mol. The lowest BCUT2D eigenvalue weighted by Crippen LogP contribution is -2.25. The molecule has 1 aliphatic carbocycles. The number of thioether (sulfide) groups is 1. The van der Waals surface area contributed by atoms with Gasteiger partial charge in [-0.3, -0.25) is 4.90 Å². The van der Waals surface area contributed by atoms with Gasteiger partial charge in [-0.15, -0.1) is 11.8 Å². The first kappa shape index (κ1) is 16.1. The second-order valence-electron chi connectivity index (χ2n) is 6.53. The number of nitrogens with zero attached hydrogens (tertiary/aromatic N) is 3. The molecule has 1 saturated carbocycles. The van der Waals surface area contributed by atoms with Crippen LogP contribution >= 0.6 is 11.8 Å². The van der Waals surface area contributed by atoms with E-state index < -0.39 is 0 Å². The third-order valence-corrected chi connectivity index (χ3v) is 5.38. The van der Waals surface area contributed by atoms with Crippen molar-refractivity contribution < 1.29 is 9.26 Å². The monoisotopic (exact) mass is 345 g/mol. The molecule has 0 bridgehead atoms. The van der Waals surface area contributed by atoms with Gasteiger partial charge >= 0.3 is 0 Å². The molecule has 0 radical (unpaired) electrons. The summed E-state index contributed by atoms with van der Waals surface area (Å²) in [5.41, 5.74) is 1.34. The van der Waals surface area contributed by atoms with E-state index in [1.54, 1.807) is 11.8 Å². The molecule has 0 N–H and O–H groups in total. The lowest BCUT2D eigenvalue weighted by molar-refractivity contribution is 0.0835. The summed E-state index contributed by atoms with van der Waals surface area (Å²) >= 11 is 1.77. The summed E-state index contributed by atoms with van der Waals surface area (Å²) in [5.74, 6) is 1.41. The fourth-order valence-corrected chi connectivity index (χ4v) is 3.54. The molecule has 6 heteroatoms. The highest BCUT2D eigenvalue weighted by Crippen LogP contribution is 2.31. The van der Waals surface area contributed by atoms with Crippen LogP contribution < -0.4 is 0 Å². The molecule has 128 valence electrons. The van der Waals surface area contributed by atoms with Crippen LogP contribution in [0.1, 0.15) is 49.1 Å². The van der Waals surface area contributed by atoms with Crippen LogP contribution in [0.3, 0.4) is 0 Å². The van der Waals surface area contributed by atoms with Crippen molar-refractivity contribution in [2.45, 2.75) is 55.8 Å². The molecule has 1 unspecified atom stereocenters. The van der Waals surface area contributed by atoms with Crippen molar-refractivity contribution in [3.05, 3.63) is 41.5 Å². The van der Waals surface area contributed by atoms with E-state index >= 15 is 0 Å². The fraction of sp³-hybridized carbons (Fsp3) is 0.556. The van der Waals surface area contributed by atoms with Gasteiger partial charge in [-0.2, -0.15) is 4.98 Å². The second kappa shape index (κ2) is 7.25. The standard InChI is InChI=1S/C18H23N3O2S/c1-24-15-8-4-13(5-9-15)11-21(14-6-7-14)12-17-19-18(23-20-17)16-3-2-10-22-16/h4-5,8-9,14,16H,2-3,6-7,10-12H2,1H3. The first-order valence-electron chi connectivity index (χ1n) is 8.63. The summed E-state index contributed by atoms with van der Waals surface area (Å²) in [7, 11) is 0. The quantitative estimate of drug-likeness (QED) is 0.711. The van der Waals surface area contributed by atoms with E-state index in [0.29, 0.717) is 11.9 Å². The molecule has 1 saturated heterocycles. The number of rotatable bonds is 7. The lowest BCUT2D eigenvalue weighted by atomic mass is 10.2. The Morgan fingerprint density at radius 2 is 2.00 bits per heavy atom. The molecule has 1 atom stereocenters. The molecule has 2 aliphatic rings. The Balaban J connectivity index is 1.41.